The number of hydrogen-bond donors (Lipinski definition) is 0. The van der Waals surface area contributed by atoms with E-state index < -0.39 is 19.2 Å². The fraction of sp³-hybridized carbons (Fsp3) is 0.562. The van der Waals surface area contributed by atoms with Crippen molar-refractivity contribution >= 4 is 25.2 Å². The first-order chi connectivity index (χ1) is 9.60. The van der Waals surface area contributed by atoms with Crippen LogP contribution in [0.5, 0.6) is 5.75 Å². The van der Waals surface area contributed by atoms with E-state index >= 15 is 0 Å². The van der Waals surface area contributed by atoms with Gasteiger partial charge in [0.05, 0.1) is 0 Å². The van der Waals surface area contributed by atoms with Crippen LogP contribution in [0.1, 0.15) is 55.5 Å². The molecule has 1 aromatic carbocycles. The van der Waals surface area contributed by atoms with E-state index in [-0.39, 0.29) is 5.97 Å². The number of carbonyl (C=O) groups excluding carboxylic acids is 1. The van der Waals surface area contributed by atoms with Crippen LogP contribution < -0.4 is 3.07 Å². The first-order valence-corrected chi connectivity index (χ1v) is 14.0. The van der Waals surface area contributed by atoms with Crippen molar-refractivity contribution in [3.8, 4) is 5.75 Å². The van der Waals surface area contributed by atoms with Crippen molar-refractivity contribution in [1.29, 1.82) is 0 Å². The first kappa shape index (κ1) is 15.7. The summed E-state index contributed by atoms with van der Waals surface area (Å²) < 4.78 is 14.2. The average molecular weight is 383 g/mol. The van der Waals surface area contributed by atoms with Gasteiger partial charge in [-0.25, -0.2) is 0 Å². The monoisotopic (exact) mass is 384 g/mol. The molecule has 110 valence electrons. The van der Waals surface area contributed by atoms with E-state index in [4.69, 9.17) is 6.15 Å². The SMILES string of the molecule is CCC[CH2][Sn]1([CH2]CCC)[O]C(=O)c2ccc(C)cc2[O]1. The maximum absolute atomic E-state index is 12.3. The number of hydrogen-bond acceptors (Lipinski definition) is 3. The van der Waals surface area contributed by atoms with Gasteiger partial charge in [-0.05, 0) is 0 Å². The van der Waals surface area contributed by atoms with Crippen molar-refractivity contribution in [1.82, 2.24) is 0 Å². The van der Waals surface area contributed by atoms with Crippen molar-refractivity contribution < 1.29 is 10.9 Å². The molecule has 0 aliphatic carbocycles. The third-order valence-corrected chi connectivity index (χ3v) is 13.4. The number of benzene rings is 1. The fourth-order valence-corrected chi connectivity index (χ4v) is 12.5. The number of carbonyl (C=O) groups is 1. The molecule has 0 atom stereocenters. The van der Waals surface area contributed by atoms with E-state index in [0.717, 1.165) is 45.9 Å². The molecule has 0 unspecified atom stereocenters. The Bertz CT molecular complexity index is 477. The summed E-state index contributed by atoms with van der Waals surface area (Å²) in [5.41, 5.74) is 1.72. The minimum atomic E-state index is -3.26. The Morgan fingerprint density at radius 3 is 2.30 bits per heavy atom. The van der Waals surface area contributed by atoms with Gasteiger partial charge < -0.3 is 0 Å². The fourth-order valence-electron chi connectivity index (χ4n) is 2.55. The summed E-state index contributed by atoms with van der Waals surface area (Å²) in [6, 6.07) is 5.74. The second kappa shape index (κ2) is 6.83. The molecule has 1 heterocycles. The quantitative estimate of drug-likeness (QED) is 0.675. The molecule has 20 heavy (non-hydrogen) atoms. The van der Waals surface area contributed by atoms with Crippen LogP contribution in [0.2, 0.25) is 8.87 Å². The normalized spacial score (nSPS) is 16.2. The molecule has 1 aliphatic rings. The first-order valence-electron chi connectivity index (χ1n) is 7.63. The van der Waals surface area contributed by atoms with Crippen LogP contribution in [0.25, 0.3) is 0 Å². The third-order valence-electron chi connectivity index (χ3n) is 3.75. The summed E-state index contributed by atoms with van der Waals surface area (Å²) in [6.45, 7) is 6.36. The molecule has 4 heteroatoms. The van der Waals surface area contributed by atoms with Gasteiger partial charge in [0.15, 0.2) is 0 Å². The molecular weight excluding hydrogens is 359 g/mol. The number of unbranched alkanes of at least 4 members (excludes halogenated alkanes) is 2. The van der Waals surface area contributed by atoms with Crippen LogP contribution in [-0.2, 0) is 3.07 Å². The van der Waals surface area contributed by atoms with Crippen LogP contribution >= 0.6 is 0 Å². The summed E-state index contributed by atoms with van der Waals surface area (Å²) in [4.78, 5) is 12.3. The Labute approximate surface area is 126 Å². The Morgan fingerprint density at radius 1 is 1.05 bits per heavy atom. The van der Waals surface area contributed by atoms with Crippen LogP contribution in [0.3, 0.4) is 0 Å². The van der Waals surface area contributed by atoms with E-state index in [0.29, 0.717) is 5.56 Å². The summed E-state index contributed by atoms with van der Waals surface area (Å²) in [6.07, 6.45) is 4.42. The van der Waals surface area contributed by atoms with Crippen molar-refractivity contribution in [2.24, 2.45) is 0 Å². The summed E-state index contributed by atoms with van der Waals surface area (Å²) in [7, 11) is 0. The van der Waals surface area contributed by atoms with E-state index in [9.17, 15) is 4.79 Å². The molecule has 0 bridgehead atoms. The van der Waals surface area contributed by atoms with E-state index in [2.05, 4.69) is 13.8 Å². The molecule has 0 saturated heterocycles. The van der Waals surface area contributed by atoms with Crippen LogP contribution in [0.4, 0.5) is 0 Å². The molecule has 0 fully saturated rings. The predicted molar refractivity (Wildman–Crippen MR) is 82.4 cm³/mol. The molecule has 1 aromatic rings. The molecule has 0 spiro atoms. The van der Waals surface area contributed by atoms with Crippen molar-refractivity contribution in [2.75, 3.05) is 0 Å². The summed E-state index contributed by atoms with van der Waals surface area (Å²) in [5.74, 6) is 0.610. The molecule has 0 N–H and O–H groups in total. The summed E-state index contributed by atoms with van der Waals surface area (Å²) in [5, 5.41) is 0. The molecular formula is C16H24O3Sn. The van der Waals surface area contributed by atoms with Gasteiger partial charge in [0.1, 0.15) is 0 Å². The number of aryl methyl sites for hydroxylation is 1. The molecule has 2 rings (SSSR count). The molecule has 0 aromatic heterocycles. The van der Waals surface area contributed by atoms with Crippen molar-refractivity contribution in [3.05, 3.63) is 29.3 Å². The van der Waals surface area contributed by atoms with Crippen molar-refractivity contribution in [2.45, 2.75) is 55.3 Å². The van der Waals surface area contributed by atoms with Gasteiger partial charge in [-0.15, -0.1) is 0 Å². The van der Waals surface area contributed by atoms with E-state index in [1.807, 2.05) is 25.1 Å². The van der Waals surface area contributed by atoms with Crippen LogP contribution in [0, 0.1) is 6.92 Å². The van der Waals surface area contributed by atoms with Crippen molar-refractivity contribution in [3.63, 3.8) is 0 Å². The maximum atomic E-state index is 12.3. The Morgan fingerprint density at radius 2 is 1.70 bits per heavy atom. The Hall–Kier alpha value is -0.711. The standard InChI is InChI=1S/C8H8O3.2C4H9.Sn/c1-5-2-3-6(8(10)11)7(9)4-5;2*1-3-4-2;/h2-4,9H,1H3,(H,10,11);2*1,3-4H2,2H3;/q;;;+2/p-2. The van der Waals surface area contributed by atoms with Gasteiger partial charge in [0, 0.05) is 0 Å². The Balaban J connectivity index is 2.28. The van der Waals surface area contributed by atoms with Crippen LogP contribution in [-0.4, -0.2) is 25.2 Å². The molecule has 3 nitrogen and oxygen atoms in total. The van der Waals surface area contributed by atoms with E-state index in [1.165, 1.54) is 0 Å². The number of rotatable bonds is 6. The number of fused-ring (bicyclic) bond motifs is 1. The molecule has 0 saturated carbocycles. The molecule has 0 radical (unpaired) electrons. The predicted octanol–water partition coefficient (Wildman–Crippen LogP) is 4.59. The van der Waals surface area contributed by atoms with Gasteiger partial charge >= 0.3 is 127 Å². The van der Waals surface area contributed by atoms with Gasteiger partial charge in [-0.2, -0.15) is 0 Å². The zero-order chi connectivity index (χ0) is 14.6. The minimum absolute atomic E-state index is 0.158. The van der Waals surface area contributed by atoms with Gasteiger partial charge in [-0.3, -0.25) is 0 Å². The van der Waals surface area contributed by atoms with Crippen LogP contribution in [0.15, 0.2) is 18.2 Å². The zero-order valence-electron chi connectivity index (χ0n) is 12.7. The van der Waals surface area contributed by atoms with Gasteiger partial charge in [0.2, 0.25) is 0 Å². The second-order valence-electron chi connectivity index (χ2n) is 5.61. The summed E-state index contributed by atoms with van der Waals surface area (Å²) >= 11 is -3.26. The van der Waals surface area contributed by atoms with Gasteiger partial charge in [-0.1, -0.05) is 0 Å². The zero-order valence-corrected chi connectivity index (χ0v) is 15.6. The topological polar surface area (TPSA) is 35.5 Å². The molecule has 0 amide bonds. The van der Waals surface area contributed by atoms with E-state index in [1.54, 1.807) is 0 Å². The average Bonchev–Trinajstić information content (AvgIpc) is 2.42. The third kappa shape index (κ3) is 3.48. The second-order valence-corrected chi connectivity index (χ2v) is 14.8. The Kier molecular flexibility index (Phi) is 5.35. The van der Waals surface area contributed by atoms with Gasteiger partial charge in [0.25, 0.3) is 0 Å². The molecule has 1 aliphatic heterocycles.